The molecule has 0 saturated heterocycles. The van der Waals surface area contributed by atoms with Crippen molar-refractivity contribution < 1.29 is 22.4 Å². The Labute approximate surface area is 244 Å². The molecule has 0 aromatic heterocycles. The fraction of sp³-hybridized carbons (Fsp3) is 0.310. The first-order chi connectivity index (χ1) is 19.0. The van der Waals surface area contributed by atoms with Gasteiger partial charge in [-0.25, -0.2) is 12.8 Å². The van der Waals surface area contributed by atoms with Gasteiger partial charge in [-0.15, -0.1) is 0 Å². The number of hydrogen-bond donors (Lipinski definition) is 1. The maximum Gasteiger partial charge on any atom is 0.243 e. The molecule has 0 saturated carbocycles. The van der Waals surface area contributed by atoms with Crippen LogP contribution in [0.1, 0.15) is 30.9 Å². The van der Waals surface area contributed by atoms with Crippen molar-refractivity contribution in [3.05, 3.63) is 99.8 Å². The van der Waals surface area contributed by atoms with Crippen LogP contribution in [-0.2, 0) is 32.6 Å². The Kier molecular flexibility index (Phi) is 11.4. The average Bonchev–Trinajstić information content (AvgIpc) is 2.91. The Morgan fingerprint density at radius 1 is 1.00 bits per heavy atom. The number of benzene rings is 3. The number of rotatable bonds is 13. The highest BCUT2D eigenvalue weighted by atomic mass is 35.5. The first kappa shape index (κ1) is 31.4. The third kappa shape index (κ3) is 8.68. The van der Waals surface area contributed by atoms with Gasteiger partial charge in [-0.05, 0) is 43.2 Å². The molecule has 0 heterocycles. The molecule has 7 nitrogen and oxygen atoms in total. The molecule has 0 spiro atoms. The molecule has 11 heteroatoms. The number of nitrogens with zero attached hydrogens (tertiary/aromatic N) is 2. The first-order valence-electron chi connectivity index (χ1n) is 12.8. The Morgan fingerprint density at radius 2 is 1.68 bits per heavy atom. The van der Waals surface area contributed by atoms with Crippen molar-refractivity contribution in [3.63, 3.8) is 0 Å². The summed E-state index contributed by atoms with van der Waals surface area (Å²) in [6, 6.07) is 18.9. The van der Waals surface area contributed by atoms with E-state index in [2.05, 4.69) is 5.32 Å². The minimum Gasteiger partial charge on any atom is -0.355 e. The van der Waals surface area contributed by atoms with Gasteiger partial charge >= 0.3 is 0 Å². The number of nitrogens with one attached hydrogen (secondary N) is 1. The molecule has 0 fully saturated rings. The lowest BCUT2D eigenvalue weighted by molar-refractivity contribution is -0.141. The fourth-order valence-corrected chi connectivity index (χ4v) is 5.72. The third-order valence-corrected chi connectivity index (χ3v) is 7.98. The quantitative estimate of drug-likeness (QED) is 0.280. The zero-order chi connectivity index (χ0) is 29.3. The third-order valence-electron chi connectivity index (χ3n) is 6.25. The molecular formula is C29H32Cl2FN3O4S. The molecule has 3 aromatic carbocycles. The van der Waals surface area contributed by atoms with Crippen LogP contribution in [0.2, 0.25) is 10.0 Å². The molecule has 1 unspecified atom stereocenters. The van der Waals surface area contributed by atoms with E-state index in [1.807, 2.05) is 30.3 Å². The van der Waals surface area contributed by atoms with E-state index in [9.17, 15) is 22.4 Å². The van der Waals surface area contributed by atoms with E-state index in [0.717, 1.165) is 16.1 Å². The van der Waals surface area contributed by atoms with Crippen molar-refractivity contribution in [2.75, 3.05) is 23.7 Å². The van der Waals surface area contributed by atoms with Crippen LogP contribution in [0.4, 0.5) is 10.1 Å². The molecule has 1 N–H and O–H groups in total. The van der Waals surface area contributed by atoms with Crippen LogP contribution in [0.15, 0.2) is 72.8 Å². The highest BCUT2D eigenvalue weighted by molar-refractivity contribution is 7.92. The second-order valence-electron chi connectivity index (χ2n) is 9.25. The number of hydrogen-bond acceptors (Lipinski definition) is 4. The number of amides is 2. The second-order valence-corrected chi connectivity index (χ2v) is 12.0. The van der Waals surface area contributed by atoms with Gasteiger partial charge in [0.15, 0.2) is 0 Å². The molecule has 0 aliphatic heterocycles. The fourth-order valence-electron chi connectivity index (χ4n) is 4.32. The van der Waals surface area contributed by atoms with E-state index in [-0.39, 0.29) is 54.5 Å². The van der Waals surface area contributed by atoms with Gasteiger partial charge in [0.1, 0.15) is 11.9 Å². The lowest BCUT2D eigenvalue weighted by Gasteiger charge is -2.32. The van der Waals surface area contributed by atoms with E-state index < -0.39 is 27.8 Å². The van der Waals surface area contributed by atoms with Crippen molar-refractivity contribution in [1.29, 1.82) is 0 Å². The van der Waals surface area contributed by atoms with Gasteiger partial charge in [0.2, 0.25) is 21.8 Å². The molecule has 0 radical (unpaired) electrons. The van der Waals surface area contributed by atoms with Crippen LogP contribution >= 0.6 is 23.2 Å². The molecule has 0 aliphatic rings. The van der Waals surface area contributed by atoms with Gasteiger partial charge in [-0.3, -0.25) is 13.9 Å². The summed E-state index contributed by atoms with van der Waals surface area (Å²) in [6.07, 6.45) is 1.29. The van der Waals surface area contributed by atoms with Gasteiger partial charge in [0.05, 0.1) is 17.0 Å². The lowest BCUT2D eigenvalue weighted by atomic mass is 10.0. The number of halogens is 3. The topological polar surface area (TPSA) is 86.8 Å². The Morgan fingerprint density at radius 3 is 2.33 bits per heavy atom. The zero-order valence-corrected chi connectivity index (χ0v) is 24.6. The summed E-state index contributed by atoms with van der Waals surface area (Å²) in [5.41, 5.74) is 1.31. The van der Waals surface area contributed by atoms with Gasteiger partial charge in [0.25, 0.3) is 0 Å². The molecule has 214 valence electrons. The lowest BCUT2D eigenvalue weighted by Crippen LogP contribution is -2.50. The minimum atomic E-state index is -3.76. The van der Waals surface area contributed by atoms with Gasteiger partial charge in [0, 0.05) is 43.1 Å². The summed E-state index contributed by atoms with van der Waals surface area (Å²) in [7, 11) is -3.76. The summed E-state index contributed by atoms with van der Waals surface area (Å²) >= 11 is 12.3. The van der Waals surface area contributed by atoms with Crippen molar-refractivity contribution in [3.8, 4) is 0 Å². The van der Waals surface area contributed by atoms with Crippen LogP contribution < -0.4 is 9.62 Å². The number of likely N-dealkylation sites (N-methyl/N-ethyl adjacent to an activating group) is 1. The molecule has 2 amide bonds. The standard InChI is InChI=1S/C29H32Cl2FN3O4S/c1-3-33-29(37)27(18-21-10-5-4-6-11-21)34(20-22-12-7-8-13-25(22)32)28(36)14-9-17-35(40(2,38)39)26-19-23(30)15-16-24(26)31/h4-8,10-13,15-16,19,27H,3,9,14,17-18,20H2,1-2H3,(H,33,37). The summed E-state index contributed by atoms with van der Waals surface area (Å²) in [5, 5.41) is 3.29. The van der Waals surface area contributed by atoms with Crippen LogP contribution in [0, 0.1) is 5.82 Å². The Bertz CT molecular complexity index is 1420. The van der Waals surface area contributed by atoms with Crippen molar-refractivity contribution in [2.24, 2.45) is 0 Å². The molecule has 0 bridgehead atoms. The summed E-state index contributed by atoms with van der Waals surface area (Å²) < 4.78 is 40.9. The molecular weight excluding hydrogens is 576 g/mol. The Balaban J connectivity index is 1.89. The SMILES string of the molecule is CCNC(=O)C(Cc1ccccc1)N(Cc1ccccc1F)C(=O)CCCN(c1cc(Cl)ccc1Cl)S(C)(=O)=O. The second kappa shape index (κ2) is 14.5. The molecule has 40 heavy (non-hydrogen) atoms. The van der Waals surface area contributed by atoms with Gasteiger partial charge < -0.3 is 10.2 Å². The number of anilines is 1. The van der Waals surface area contributed by atoms with Crippen LogP contribution in [0.5, 0.6) is 0 Å². The Hall–Kier alpha value is -3.14. The van der Waals surface area contributed by atoms with Crippen LogP contribution in [0.3, 0.4) is 0 Å². The predicted molar refractivity (Wildman–Crippen MR) is 157 cm³/mol. The zero-order valence-electron chi connectivity index (χ0n) is 22.3. The maximum atomic E-state index is 14.7. The summed E-state index contributed by atoms with van der Waals surface area (Å²) in [4.78, 5) is 28.3. The molecule has 1 atom stereocenters. The number of carbonyl (C=O) groups excluding carboxylic acids is 2. The van der Waals surface area contributed by atoms with Crippen molar-refractivity contribution >= 4 is 50.7 Å². The number of carbonyl (C=O) groups is 2. The van der Waals surface area contributed by atoms with Crippen LogP contribution in [-0.4, -0.2) is 50.5 Å². The minimum absolute atomic E-state index is 0.0529. The highest BCUT2D eigenvalue weighted by Crippen LogP contribution is 2.31. The monoisotopic (exact) mass is 607 g/mol. The molecule has 3 rings (SSSR count). The van der Waals surface area contributed by atoms with Crippen molar-refractivity contribution in [2.45, 2.75) is 38.8 Å². The highest BCUT2D eigenvalue weighted by Gasteiger charge is 2.31. The van der Waals surface area contributed by atoms with Gasteiger partial charge in [-0.2, -0.15) is 0 Å². The maximum absolute atomic E-state index is 14.7. The van der Waals surface area contributed by atoms with Crippen LogP contribution in [0.25, 0.3) is 0 Å². The van der Waals surface area contributed by atoms with E-state index in [0.29, 0.717) is 11.6 Å². The van der Waals surface area contributed by atoms with E-state index in [4.69, 9.17) is 23.2 Å². The summed E-state index contributed by atoms with van der Waals surface area (Å²) in [5.74, 6) is -1.27. The van der Waals surface area contributed by atoms with Crippen molar-refractivity contribution in [1.82, 2.24) is 10.2 Å². The largest absolute Gasteiger partial charge is 0.355 e. The number of sulfonamides is 1. The molecule has 0 aliphatic carbocycles. The van der Waals surface area contributed by atoms with E-state index >= 15 is 0 Å². The first-order valence-corrected chi connectivity index (χ1v) is 15.4. The smallest absolute Gasteiger partial charge is 0.243 e. The normalized spacial score (nSPS) is 12.0. The van der Waals surface area contributed by atoms with E-state index in [1.54, 1.807) is 31.2 Å². The molecule has 3 aromatic rings. The average molecular weight is 609 g/mol. The predicted octanol–water partition coefficient (Wildman–Crippen LogP) is 5.45. The van der Waals surface area contributed by atoms with Gasteiger partial charge in [-0.1, -0.05) is 71.7 Å². The van der Waals surface area contributed by atoms with E-state index in [1.165, 1.54) is 23.1 Å². The summed E-state index contributed by atoms with van der Waals surface area (Å²) in [6.45, 7) is 1.95.